The van der Waals surface area contributed by atoms with Crippen LogP contribution < -0.4 is 15.5 Å². The molecule has 1 aliphatic rings. The number of carbonyl (C=O) groups excluding carboxylic acids is 3. The van der Waals surface area contributed by atoms with Gasteiger partial charge in [-0.25, -0.2) is 0 Å². The Morgan fingerprint density at radius 2 is 1.78 bits per heavy atom. The lowest BCUT2D eigenvalue weighted by atomic mass is 9.90. The highest BCUT2D eigenvalue weighted by molar-refractivity contribution is 6.34. The van der Waals surface area contributed by atoms with Gasteiger partial charge in [-0.05, 0) is 85.3 Å². The van der Waals surface area contributed by atoms with Gasteiger partial charge in [-0.3, -0.25) is 14.4 Å². The maximum absolute atomic E-state index is 13.7. The van der Waals surface area contributed by atoms with Gasteiger partial charge in [-0.1, -0.05) is 35.3 Å². The van der Waals surface area contributed by atoms with Crippen LogP contribution >= 0.6 is 23.2 Å². The maximum Gasteiger partial charge on any atom is 0.258 e. The molecule has 6 nitrogen and oxygen atoms in total. The monoisotopic (exact) mass is 523 g/mol. The van der Waals surface area contributed by atoms with E-state index in [0.29, 0.717) is 39.8 Å². The van der Waals surface area contributed by atoms with Crippen molar-refractivity contribution in [1.82, 2.24) is 5.32 Å². The predicted octanol–water partition coefficient (Wildman–Crippen LogP) is 6.21. The first-order valence-electron chi connectivity index (χ1n) is 11.8. The minimum absolute atomic E-state index is 0.0278. The minimum Gasteiger partial charge on any atom is -0.359 e. The second-order valence-electron chi connectivity index (χ2n) is 8.84. The molecule has 8 heteroatoms. The summed E-state index contributed by atoms with van der Waals surface area (Å²) in [6.07, 6.45) is 1.87. The number of anilines is 2. The number of aryl methyl sites for hydroxylation is 1. The summed E-state index contributed by atoms with van der Waals surface area (Å²) >= 11 is 12.4. The van der Waals surface area contributed by atoms with Gasteiger partial charge in [0.15, 0.2) is 0 Å². The van der Waals surface area contributed by atoms with Crippen LogP contribution in [0.1, 0.15) is 57.0 Å². The Morgan fingerprint density at radius 3 is 2.50 bits per heavy atom. The molecule has 36 heavy (non-hydrogen) atoms. The molecule has 0 saturated carbocycles. The average molecular weight is 524 g/mol. The van der Waals surface area contributed by atoms with Gasteiger partial charge in [0.2, 0.25) is 5.91 Å². The molecule has 3 aromatic rings. The molecule has 0 saturated heterocycles. The second kappa shape index (κ2) is 11.1. The largest absolute Gasteiger partial charge is 0.359 e. The van der Waals surface area contributed by atoms with E-state index in [0.717, 1.165) is 29.7 Å². The molecule has 1 unspecified atom stereocenters. The van der Waals surface area contributed by atoms with E-state index in [-0.39, 0.29) is 23.6 Å². The van der Waals surface area contributed by atoms with E-state index in [9.17, 15) is 14.4 Å². The van der Waals surface area contributed by atoms with E-state index < -0.39 is 0 Å². The van der Waals surface area contributed by atoms with Gasteiger partial charge < -0.3 is 15.5 Å². The molecule has 3 amide bonds. The van der Waals surface area contributed by atoms with Crippen LogP contribution in [0.15, 0.2) is 60.7 Å². The molecule has 3 aromatic carbocycles. The highest BCUT2D eigenvalue weighted by Crippen LogP contribution is 2.39. The number of rotatable bonds is 5. The maximum atomic E-state index is 13.7. The van der Waals surface area contributed by atoms with Crippen LogP contribution in [0.25, 0.3) is 0 Å². The van der Waals surface area contributed by atoms with Crippen LogP contribution in [0.2, 0.25) is 10.0 Å². The first-order chi connectivity index (χ1) is 17.3. The third-order valence-electron chi connectivity index (χ3n) is 6.44. The first kappa shape index (κ1) is 25.7. The van der Waals surface area contributed by atoms with Gasteiger partial charge in [0.1, 0.15) is 0 Å². The molecule has 4 rings (SSSR count). The van der Waals surface area contributed by atoms with Crippen LogP contribution in [-0.2, 0) is 4.79 Å². The van der Waals surface area contributed by atoms with E-state index in [4.69, 9.17) is 23.2 Å². The molecule has 1 atom stereocenters. The summed E-state index contributed by atoms with van der Waals surface area (Å²) in [5.74, 6) is -0.531. The predicted molar refractivity (Wildman–Crippen MR) is 144 cm³/mol. The molecule has 1 aliphatic heterocycles. The van der Waals surface area contributed by atoms with Gasteiger partial charge in [0.25, 0.3) is 11.8 Å². The topological polar surface area (TPSA) is 78.5 Å². The molecule has 0 spiro atoms. The summed E-state index contributed by atoms with van der Waals surface area (Å²) in [5, 5.41) is 6.47. The Kier molecular flexibility index (Phi) is 7.97. The van der Waals surface area contributed by atoms with Crippen molar-refractivity contribution in [2.45, 2.75) is 32.1 Å². The van der Waals surface area contributed by atoms with E-state index in [2.05, 4.69) is 10.6 Å². The number of halogens is 2. The van der Waals surface area contributed by atoms with Gasteiger partial charge in [-0.2, -0.15) is 0 Å². The Morgan fingerprint density at radius 1 is 1.00 bits per heavy atom. The fraction of sp³-hybridized carbons (Fsp3) is 0.250. The zero-order valence-corrected chi connectivity index (χ0v) is 21.6. The molecule has 0 bridgehead atoms. The summed E-state index contributed by atoms with van der Waals surface area (Å²) in [6, 6.07) is 17.5. The zero-order chi connectivity index (χ0) is 25.8. The van der Waals surface area contributed by atoms with Crippen molar-refractivity contribution in [2.24, 2.45) is 0 Å². The standard InChI is InChI=1S/C28H27Cl2N3O3/c1-17-14-20(32-27(35)22-7-3-4-8-24(22)30)10-11-21(17)28(36)33-13-5-6-18(15-26(34)31-2)23-16-19(29)9-12-25(23)33/h3-4,7-12,14,16,18H,5-6,13,15H2,1-2H3,(H,31,34)(H,32,35). The fourth-order valence-electron chi connectivity index (χ4n) is 4.59. The SMILES string of the molecule is CNC(=O)CC1CCCN(C(=O)c2ccc(NC(=O)c3ccccc3Cl)cc2C)c2ccc(Cl)cc21. The molecule has 0 aliphatic carbocycles. The van der Waals surface area contributed by atoms with E-state index >= 15 is 0 Å². The van der Waals surface area contributed by atoms with Crippen molar-refractivity contribution in [2.75, 3.05) is 23.8 Å². The molecule has 1 heterocycles. The zero-order valence-electron chi connectivity index (χ0n) is 20.1. The lowest BCUT2D eigenvalue weighted by molar-refractivity contribution is -0.121. The van der Waals surface area contributed by atoms with Crippen molar-refractivity contribution in [1.29, 1.82) is 0 Å². The third-order valence-corrected chi connectivity index (χ3v) is 7.01. The number of fused-ring (bicyclic) bond motifs is 1. The molecule has 0 fully saturated rings. The fourth-order valence-corrected chi connectivity index (χ4v) is 4.99. The summed E-state index contributed by atoms with van der Waals surface area (Å²) in [5.41, 5.74) is 3.89. The minimum atomic E-state index is -0.320. The summed E-state index contributed by atoms with van der Waals surface area (Å²) in [4.78, 5) is 40.2. The highest BCUT2D eigenvalue weighted by Gasteiger charge is 2.29. The summed E-state index contributed by atoms with van der Waals surface area (Å²) in [6.45, 7) is 2.37. The van der Waals surface area contributed by atoms with Crippen LogP contribution in [0, 0.1) is 6.92 Å². The number of carbonyl (C=O) groups is 3. The molecular formula is C28H27Cl2N3O3. The van der Waals surface area contributed by atoms with Crippen molar-refractivity contribution in [3.8, 4) is 0 Å². The van der Waals surface area contributed by atoms with Crippen molar-refractivity contribution in [3.05, 3.63) is 93.0 Å². The Balaban J connectivity index is 1.60. The number of nitrogens with zero attached hydrogens (tertiary/aromatic N) is 1. The number of benzene rings is 3. The van der Waals surface area contributed by atoms with Gasteiger partial charge in [-0.15, -0.1) is 0 Å². The van der Waals surface area contributed by atoms with Crippen molar-refractivity contribution < 1.29 is 14.4 Å². The van der Waals surface area contributed by atoms with Gasteiger partial charge >= 0.3 is 0 Å². The van der Waals surface area contributed by atoms with E-state index in [1.54, 1.807) is 60.5 Å². The normalized spacial score (nSPS) is 15.0. The number of hydrogen-bond acceptors (Lipinski definition) is 3. The Bertz CT molecular complexity index is 1330. The van der Waals surface area contributed by atoms with E-state index in [1.165, 1.54) is 0 Å². The third kappa shape index (κ3) is 5.55. The lowest BCUT2D eigenvalue weighted by Crippen LogP contribution is -2.32. The number of nitrogens with one attached hydrogen (secondary N) is 2. The van der Waals surface area contributed by atoms with Crippen LogP contribution in [0.5, 0.6) is 0 Å². The van der Waals surface area contributed by atoms with Crippen LogP contribution in [0.4, 0.5) is 11.4 Å². The highest BCUT2D eigenvalue weighted by atomic mass is 35.5. The quantitative estimate of drug-likeness (QED) is 0.416. The number of amides is 3. The molecule has 0 aromatic heterocycles. The smallest absolute Gasteiger partial charge is 0.258 e. The van der Waals surface area contributed by atoms with E-state index in [1.807, 2.05) is 19.1 Å². The average Bonchev–Trinajstić information content (AvgIpc) is 3.03. The molecule has 0 radical (unpaired) electrons. The second-order valence-corrected chi connectivity index (χ2v) is 9.68. The summed E-state index contributed by atoms with van der Waals surface area (Å²) in [7, 11) is 1.62. The Labute approximate surface area is 220 Å². The number of hydrogen-bond donors (Lipinski definition) is 2. The van der Waals surface area contributed by atoms with Crippen molar-refractivity contribution in [3.63, 3.8) is 0 Å². The van der Waals surface area contributed by atoms with Crippen molar-refractivity contribution >= 4 is 52.3 Å². The molecule has 186 valence electrons. The van der Waals surface area contributed by atoms with Crippen LogP contribution in [0.3, 0.4) is 0 Å². The van der Waals surface area contributed by atoms with Gasteiger partial charge in [0, 0.05) is 42.0 Å². The van der Waals surface area contributed by atoms with Crippen LogP contribution in [-0.4, -0.2) is 31.3 Å². The summed E-state index contributed by atoms with van der Waals surface area (Å²) < 4.78 is 0. The first-order valence-corrected chi connectivity index (χ1v) is 12.5. The molecule has 2 N–H and O–H groups in total. The Hall–Kier alpha value is -3.35. The molecular weight excluding hydrogens is 497 g/mol. The van der Waals surface area contributed by atoms with Gasteiger partial charge in [0.05, 0.1) is 10.6 Å². The lowest BCUT2D eigenvalue weighted by Gasteiger charge is -2.25.